The van der Waals surface area contributed by atoms with Gasteiger partial charge >= 0.3 is 0 Å². The van der Waals surface area contributed by atoms with E-state index in [2.05, 4.69) is 29.2 Å². The van der Waals surface area contributed by atoms with Gasteiger partial charge in [-0.1, -0.05) is 30.3 Å². The van der Waals surface area contributed by atoms with Gasteiger partial charge in [0.2, 0.25) is 0 Å². The van der Waals surface area contributed by atoms with Crippen LogP contribution in [-0.4, -0.2) is 4.98 Å². The van der Waals surface area contributed by atoms with Gasteiger partial charge in [-0.15, -0.1) is 0 Å². The average molecular weight is 252 g/mol. The SMILES string of the molecule is Nc1ccc2nc(CCCc3ccccc3)oc2c1. The molecule has 0 spiro atoms. The Hall–Kier alpha value is -2.29. The lowest BCUT2D eigenvalue weighted by Gasteiger charge is -1.98. The predicted molar refractivity (Wildman–Crippen MR) is 76.9 cm³/mol. The van der Waals surface area contributed by atoms with E-state index in [9.17, 15) is 0 Å². The second-order valence-corrected chi connectivity index (χ2v) is 4.67. The molecule has 19 heavy (non-hydrogen) atoms. The highest BCUT2D eigenvalue weighted by Gasteiger charge is 2.05. The van der Waals surface area contributed by atoms with Crippen LogP contribution in [0.4, 0.5) is 5.69 Å². The molecule has 0 atom stereocenters. The summed E-state index contributed by atoms with van der Waals surface area (Å²) >= 11 is 0. The largest absolute Gasteiger partial charge is 0.441 e. The Morgan fingerprint density at radius 3 is 2.68 bits per heavy atom. The van der Waals surface area contributed by atoms with Gasteiger partial charge < -0.3 is 10.2 Å². The Bertz CT molecular complexity index is 674. The third-order valence-electron chi connectivity index (χ3n) is 3.16. The summed E-state index contributed by atoms with van der Waals surface area (Å²) in [6.45, 7) is 0. The Balaban J connectivity index is 1.65. The molecule has 0 fully saturated rings. The molecule has 96 valence electrons. The van der Waals surface area contributed by atoms with Crippen LogP contribution < -0.4 is 5.73 Å². The number of oxazole rings is 1. The van der Waals surface area contributed by atoms with Crippen molar-refractivity contribution in [2.45, 2.75) is 19.3 Å². The number of fused-ring (bicyclic) bond motifs is 1. The molecule has 0 bridgehead atoms. The topological polar surface area (TPSA) is 52.0 Å². The summed E-state index contributed by atoms with van der Waals surface area (Å²) in [6.07, 6.45) is 2.93. The minimum atomic E-state index is 0.708. The number of nitrogens with two attached hydrogens (primary N) is 1. The van der Waals surface area contributed by atoms with Gasteiger partial charge in [0.15, 0.2) is 11.5 Å². The van der Waals surface area contributed by atoms with Gasteiger partial charge in [-0.05, 0) is 30.5 Å². The van der Waals surface area contributed by atoms with Crippen LogP contribution in [0.1, 0.15) is 17.9 Å². The minimum Gasteiger partial charge on any atom is -0.441 e. The Morgan fingerprint density at radius 1 is 1.00 bits per heavy atom. The number of aryl methyl sites for hydroxylation is 2. The molecule has 0 saturated carbocycles. The fourth-order valence-corrected chi connectivity index (χ4v) is 2.18. The molecular formula is C16H16N2O. The third kappa shape index (κ3) is 2.76. The number of nitrogens with zero attached hydrogens (tertiary/aromatic N) is 1. The molecule has 2 aromatic carbocycles. The molecule has 1 heterocycles. The zero-order chi connectivity index (χ0) is 13.1. The van der Waals surface area contributed by atoms with E-state index in [0.29, 0.717) is 5.69 Å². The van der Waals surface area contributed by atoms with E-state index in [1.165, 1.54) is 5.56 Å². The fourth-order valence-electron chi connectivity index (χ4n) is 2.18. The summed E-state index contributed by atoms with van der Waals surface area (Å²) in [5, 5.41) is 0. The molecule has 2 N–H and O–H groups in total. The summed E-state index contributed by atoms with van der Waals surface area (Å²) in [7, 11) is 0. The Kier molecular flexibility index (Phi) is 3.19. The van der Waals surface area contributed by atoms with E-state index in [1.54, 1.807) is 0 Å². The highest BCUT2D eigenvalue weighted by Crippen LogP contribution is 2.19. The Morgan fingerprint density at radius 2 is 1.84 bits per heavy atom. The standard InChI is InChI=1S/C16H16N2O/c17-13-9-10-14-15(11-13)19-16(18-14)8-4-7-12-5-2-1-3-6-12/h1-3,5-6,9-11H,4,7-8,17H2. The van der Waals surface area contributed by atoms with Crippen LogP contribution >= 0.6 is 0 Å². The van der Waals surface area contributed by atoms with Crippen molar-refractivity contribution in [2.75, 3.05) is 5.73 Å². The number of nitrogen functional groups attached to an aromatic ring is 1. The molecule has 1 aromatic heterocycles. The van der Waals surface area contributed by atoms with Gasteiger partial charge in [0.1, 0.15) is 5.52 Å². The molecule has 0 aliphatic heterocycles. The highest BCUT2D eigenvalue weighted by molar-refractivity contribution is 5.76. The summed E-state index contributed by atoms with van der Waals surface area (Å²) in [5.74, 6) is 0.788. The minimum absolute atomic E-state index is 0.708. The molecule has 3 rings (SSSR count). The number of benzene rings is 2. The van der Waals surface area contributed by atoms with E-state index >= 15 is 0 Å². The summed E-state index contributed by atoms with van der Waals surface area (Å²) in [4.78, 5) is 4.46. The summed E-state index contributed by atoms with van der Waals surface area (Å²) < 4.78 is 5.70. The number of hydrogen-bond acceptors (Lipinski definition) is 3. The molecule has 0 saturated heterocycles. The molecule has 0 amide bonds. The van der Waals surface area contributed by atoms with Crippen LogP contribution in [0.5, 0.6) is 0 Å². The zero-order valence-electron chi connectivity index (χ0n) is 10.7. The quantitative estimate of drug-likeness (QED) is 0.722. The van der Waals surface area contributed by atoms with Crippen molar-refractivity contribution >= 4 is 16.8 Å². The first kappa shape index (κ1) is 11.8. The van der Waals surface area contributed by atoms with Gasteiger partial charge in [0.25, 0.3) is 0 Å². The van der Waals surface area contributed by atoms with Gasteiger partial charge in [0.05, 0.1) is 0 Å². The number of anilines is 1. The molecule has 3 heteroatoms. The van der Waals surface area contributed by atoms with Crippen LogP contribution in [0, 0.1) is 0 Å². The highest BCUT2D eigenvalue weighted by atomic mass is 16.3. The molecule has 0 aliphatic carbocycles. The summed E-state index contributed by atoms with van der Waals surface area (Å²) in [6, 6.07) is 16.0. The van der Waals surface area contributed by atoms with Crippen molar-refractivity contribution in [1.29, 1.82) is 0 Å². The maximum Gasteiger partial charge on any atom is 0.195 e. The normalized spacial score (nSPS) is 10.9. The van der Waals surface area contributed by atoms with Crippen LogP contribution in [0.3, 0.4) is 0 Å². The van der Waals surface area contributed by atoms with Crippen molar-refractivity contribution in [3.05, 3.63) is 60.0 Å². The van der Waals surface area contributed by atoms with Crippen molar-refractivity contribution in [1.82, 2.24) is 4.98 Å². The van der Waals surface area contributed by atoms with E-state index in [-0.39, 0.29) is 0 Å². The van der Waals surface area contributed by atoms with E-state index < -0.39 is 0 Å². The maximum absolute atomic E-state index is 5.72. The van der Waals surface area contributed by atoms with Crippen molar-refractivity contribution in [3.8, 4) is 0 Å². The lowest BCUT2D eigenvalue weighted by atomic mass is 10.1. The number of hydrogen-bond donors (Lipinski definition) is 1. The first-order valence-corrected chi connectivity index (χ1v) is 6.50. The molecular weight excluding hydrogens is 236 g/mol. The van der Waals surface area contributed by atoms with Gasteiger partial charge in [-0.25, -0.2) is 4.98 Å². The monoisotopic (exact) mass is 252 g/mol. The average Bonchev–Trinajstić information content (AvgIpc) is 2.82. The van der Waals surface area contributed by atoms with Crippen LogP contribution in [0.2, 0.25) is 0 Å². The van der Waals surface area contributed by atoms with Gasteiger partial charge in [-0.3, -0.25) is 0 Å². The summed E-state index contributed by atoms with van der Waals surface area (Å²) in [5.41, 5.74) is 9.43. The fraction of sp³-hybridized carbons (Fsp3) is 0.188. The van der Waals surface area contributed by atoms with Crippen LogP contribution in [-0.2, 0) is 12.8 Å². The van der Waals surface area contributed by atoms with Crippen LogP contribution in [0.15, 0.2) is 52.9 Å². The molecule has 0 radical (unpaired) electrons. The second-order valence-electron chi connectivity index (χ2n) is 4.67. The molecule has 0 aliphatic rings. The Labute approximate surface area is 112 Å². The van der Waals surface area contributed by atoms with Crippen LogP contribution in [0.25, 0.3) is 11.1 Å². The predicted octanol–water partition coefficient (Wildman–Crippen LogP) is 3.59. The van der Waals surface area contributed by atoms with Crippen molar-refractivity contribution in [2.24, 2.45) is 0 Å². The van der Waals surface area contributed by atoms with E-state index in [0.717, 1.165) is 36.3 Å². The van der Waals surface area contributed by atoms with Crippen molar-refractivity contribution < 1.29 is 4.42 Å². The molecule has 3 nitrogen and oxygen atoms in total. The first-order chi connectivity index (χ1) is 9.31. The molecule has 0 unspecified atom stereocenters. The number of rotatable bonds is 4. The van der Waals surface area contributed by atoms with Gasteiger partial charge in [-0.2, -0.15) is 0 Å². The zero-order valence-corrected chi connectivity index (χ0v) is 10.7. The first-order valence-electron chi connectivity index (χ1n) is 6.50. The number of aromatic nitrogens is 1. The van der Waals surface area contributed by atoms with E-state index in [1.807, 2.05) is 24.3 Å². The second kappa shape index (κ2) is 5.14. The maximum atomic E-state index is 5.72. The van der Waals surface area contributed by atoms with E-state index in [4.69, 9.17) is 10.2 Å². The lowest BCUT2D eigenvalue weighted by Crippen LogP contribution is -1.89. The molecule has 3 aromatic rings. The van der Waals surface area contributed by atoms with Crippen molar-refractivity contribution in [3.63, 3.8) is 0 Å². The third-order valence-corrected chi connectivity index (χ3v) is 3.16. The smallest absolute Gasteiger partial charge is 0.195 e. The van der Waals surface area contributed by atoms with Gasteiger partial charge in [0, 0.05) is 18.2 Å². The lowest BCUT2D eigenvalue weighted by molar-refractivity contribution is 0.519.